The quantitative estimate of drug-likeness (QED) is 0.751. The summed E-state index contributed by atoms with van der Waals surface area (Å²) in [7, 11) is 0. The van der Waals surface area contributed by atoms with Crippen LogP contribution in [0, 0.1) is 20.8 Å². The lowest BCUT2D eigenvalue weighted by atomic mass is 10.1. The predicted molar refractivity (Wildman–Crippen MR) is 88.2 cm³/mol. The number of Topliss-reactive ketones (excluding diaryl/α,β-unsaturated/α-hetero) is 1. The lowest BCUT2D eigenvalue weighted by Gasteiger charge is -2.10. The summed E-state index contributed by atoms with van der Waals surface area (Å²) in [5.74, 6) is 0.725. The second-order valence-corrected chi connectivity index (χ2v) is 6.44. The number of halogens is 1. The Hall–Kier alpha value is -1.74. The van der Waals surface area contributed by atoms with E-state index in [1.165, 1.54) is 12.8 Å². The molecule has 0 aliphatic heterocycles. The molecule has 1 aliphatic carbocycles. The maximum Gasteiger partial charge on any atom is 0.202 e. The molecule has 116 valence electrons. The van der Waals surface area contributed by atoms with Gasteiger partial charge in [0.1, 0.15) is 5.75 Å². The molecule has 1 aromatic carbocycles. The van der Waals surface area contributed by atoms with Gasteiger partial charge in [-0.15, -0.1) is 0 Å². The summed E-state index contributed by atoms with van der Waals surface area (Å²) in [6, 6.07) is 7.97. The molecule has 0 unspecified atom stereocenters. The monoisotopic (exact) mass is 317 g/mol. The lowest BCUT2D eigenvalue weighted by molar-refractivity contribution is 0.0920. The van der Waals surface area contributed by atoms with Crippen LogP contribution >= 0.6 is 11.6 Å². The first kappa shape index (κ1) is 15.2. The largest absolute Gasteiger partial charge is 0.485 e. The van der Waals surface area contributed by atoms with Crippen molar-refractivity contribution < 1.29 is 9.53 Å². The van der Waals surface area contributed by atoms with E-state index in [-0.39, 0.29) is 12.4 Å². The van der Waals surface area contributed by atoms with Crippen LogP contribution in [0.15, 0.2) is 24.3 Å². The van der Waals surface area contributed by atoms with Gasteiger partial charge in [-0.1, -0.05) is 11.6 Å². The number of ketones is 1. The third-order valence-electron chi connectivity index (χ3n) is 4.19. The van der Waals surface area contributed by atoms with Crippen LogP contribution in [0.25, 0.3) is 0 Å². The fourth-order valence-corrected chi connectivity index (χ4v) is 3.18. The van der Waals surface area contributed by atoms with Gasteiger partial charge in [-0.3, -0.25) is 4.79 Å². The van der Waals surface area contributed by atoms with Crippen LogP contribution < -0.4 is 4.74 Å². The zero-order valence-corrected chi connectivity index (χ0v) is 13.9. The van der Waals surface area contributed by atoms with E-state index in [4.69, 9.17) is 16.3 Å². The molecule has 1 heterocycles. The first-order valence-electron chi connectivity index (χ1n) is 7.58. The Bertz CT molecular complexity index is 729. The van der Waals surface area contributed by atoms with Crippen molar-refractivity contribution in [1.82, 2.24) is 4.57 Å². The van der Waals surface area contributed by atoms with E-state index in [0.717, 1.165) is 22.5 Å². The molecule has 0 amide bonds. The maximum absolute atomic E-state index is 12.5. The highest BCUT2D eigenvalue weighted by atomic mass is 35.5. The summed E-state index contributed by atoms with van der Waals surface area (Å²) in [5.41, 5.74) is 3.92. The van der Waals surface area contributed by atoms with Crippen LogP contribution in [0.4, 0.5) is 0 Å². The molecule has 4 heteroatoms. The third-order valence-corrected chi connectivity index (χ3v) is 4.43. The molecule has 0 N–H and O–H groups in total. The number of hydrogen-bond acceptors (Lipinski definition) is 2. The average Bonchev–Trinajstić information content (AvgIpc) is 3.24. The van der Waals surface area contributed by atoms with Crippen molar-refractivity contribution in [3.05, 3.63) is 51.8 Å². The fourth-order valence-electron chi connectivity index (χ4n) is 2.95. The van der Waals surface area contributed by atoms with Gasteiger partial charge >= 0.3 is 0 Å². The van der Waals surface area contributed by atoms with Gasteiger partial charge in [0, 0.05) is 28.0 Å². The summed E-state index contributed by atoms with van der Waals surface area (Å²) < 4.78 is 7.95. The topological polar surface area (TPSA) is 31.2 Å². The SMILES string of the molecule is Cc1cc(Cl)ccc1OCC(=O)c1cc(C)n(C2CC2)c1C. The number of benzene rings is 1. The van der Waals surface area contributed by atoms with E-state index >= 15 is 0 Å². The predicted octanol–water partition coefficient (Wildman–Crippen LogP) is 4.66. The number of carbonyl (C=O) groups excluding carboxylic acids is 1. The first-order chi connectivity index (χ1) is 10.5. The van der Waals surface area contributed by atoms with Crippen LogP contribution in [-0.4, -0.2) is 17.0 Å². The van der Waals surface area contributed by atoms with E-state index in [2.05, 4.69) is 11.5 Å². The van der Waals surface area contributed by atoms with Crippen molar-refractivity contribution in [3.63, 3.8) is 0 Å². The summed E-state index contributed by atoms with van der Waals surface area (Å²) in [5, 5.41) is 0.671. The highest BCUT2D eigenvalue weighted by molar-refractivity contribution is 6.30. The van der Waals surface area contributed by atoms with Crippen LogP contribution in [0.3, 0.4) is 0 Å². The number of carbonyl (C=O) groups is 1. The van der Waals surface area contributed by atoms with Crippen LogP contribution in [0.5, 0.6) is 5.75 Å². The zero-order chi connectivity index (χ0) is 15.9. The molecule has 3 nitrogen and oxygen atoms in total. The van der Waals surface area contributed by atoms with Crippen molar-refractivity contribution in [2.24, 2.45) is 0 Å². The minimum atomic E-state index is 0.0225. The van der Waals surface area contributed by atoms with Gasteiger partial charge < -0.3 is 9.30 Å². The van der Waals surface area contributed by atoms with E-state index in [1.54, 1.807) is 12.1 Å². The Morgan fingerprint density at radius 1 is 1.27 bits per heavy atom. The Morgan fingerprint density at radius 2 is 2.00 bits per heavy atom. The summed E-state index contributed by atoms with van der Waals surface area (Å²) in [6.07, 6.45) is 2.43. The molecule has 3 rings (SSSR count). The molecular weight excluding hydrogens is 298 g/mol. The summed E-state index contributed by atoms with van der Waals surface area (Å²) in [6.45, 7) is 6.06. The molecule has 22 heavy (non-hydrogen) atoms. The Morgan fingerprint density at radius 3 is 2.64 bits per heavy atom. The second kappa shape index (κ2) is 5.81. The Labute approximate surface area is 135 Å². The van der Waals surface area contributed by atoms with Gasteiger partial charge in [0.2, 0.25) is 5.78 Å². The number of aromatic nitrogens is 1. The third kappa shape index (κ3) is 2.91. The molecule has 1 saturated carbocycles. The molecule has 0 bridgehead atoms. The lowest BCUT2D eigenvalue weighted by Crippen LogP contribution is -2.13. The molecular formula is C18H20ClNO2. The van der Waals surface area contributed by atoms with Gasteiger partial charge in [-0.25, -0.2) is 0 Å². The number of ether oxygens (including phenoxy) is 1. The van der Waals surface area contributed by atoms with Crippen molar-refractivity contribution in [2.75, 3.05) is 6.61 Å². The standard InChI is InChI=1S/C18H20ClNO2/c1-11-8-14(19)4-7-18(11)22-10-17(21)16-9-12(2)20(13(16)3)15-5-6-15/h4,7-9,15H,5-6,10H2,1-3H3. The fraction of sp³-hybridized carbons (Fsp3) is 0.389. The minimum absolute atomic E-state index is 0.0225. The molecule has 0 saturated heterocycles. The molecule has 1 fully saturated rings. The first-order valence-corrected chi connectivity index (χ1v) is 7.95. The van der Waals surface area contributed by atoms with E-state index in [9.17, 15) is 4.79 Å². The number of rotatable bonds is 5. The van der Waals surface area contributed by atoms with E-state index < -0.39 is 0 Å². The molecule has 1 aromatic heterocycles. The second-order valence-electron chi connectivity index (χ2n) is 6.01. The highest BCUT2D eigenvalue weighted by Gasteiger charge is 2.28. The molecule has 0 radical (unpaired) electrons. The molecule has 0 atom stereocenters. The smallest absolute Gasteiger partial charge is 0.202 e. The summed E-state index contributed by atoms with van der Waals surface area (Å²) in [4.78, 5) is 12.5. The highest BCUT2D eigenvalue weighted by Crippen LogP contribution is 2.38. The normalized spacial score (nSPS) is 14.2. The van der Waals surface area contributed by atoms with Crippen molar-refractivity contribution in [3.8, 4) is 5.75 Å². The maximum atomic E-state index is 12.5. The van der Waals surface area contributed by atoms with Crippen molar-refractivity contribution >= 4 is 17.4 Å². The molecule has 2 aromatic rings. The van der Waals surface area contributed by atoms with Crippen molar-refractivity contribution in [1.29, 1.82) is 0 Å². The number of nitrogens with zero attached hydrogens (tertiary/aromatic N) is 1. The molecule has 0 spiro atoms. The van der Waals surface area contributed by atoms with Crippen molar-refractivity contribution in [2.45, 2.75) is 39.7 Å². The van der Waals surface area contributed by atoms with Gasteiger partial charge in [-0.2, -0.15) is 0 Å². The van der Waals surface area contributed by atoms with Crippen LogP contribution in [-0.2, 0) is 0 Å². The minimum Gasteiger partial charge on any atom is -0.485 e. The van der Waals surface area contributed by atoms with Gasteiger partial charge in [0.25, 0.3) is 0 Å². The molecule has 1 aliphatic rings. The van der Waals surface area contributed by atoms with Gasteiger partial charge in [0.05, 0.1) is 0 Å². The van der Waals surface area contributed by atoms with Crippen LogP contribution in [0.1, 0.15) is 46.2 Å². The van der Waals surface area contributed by atoms with Gasteiger partial charge in [-0.05, 0) is 63.4 Å². The van der Waals surface area contributed by atoms with E-state index in [0.29, 0.717) is 16.8 Å². The number of hydrogen-bond donors (Lipinski definition) is 0. The zero-order valence-electron chi connectivity index (χ0n) is 13.1. The number of aryl methyl sites for hydroxylation is 2. The summed E-state index contributed by atoms with van der Waals surface area (Å²) >= 11 is 5.93. The van der Waals surface area contributed by atoms with Crippen LogP contribution in [0.2, 0.25) is 5.02 Å². The Balaban J connectivity index is 1.73. The van der Waals surface area contributed by atoms with E-state index in [1.807, 2.05) is 26.0 Å². The average molecular weight is 318 g/mol. The van der Waals surface area contributed by atoms with Gasteiger partial charge in [0.15, 0.2) is 6.61 Å². The Kier molecular flexibility index (Phi) is 4.00.